The second-order valence-electron chi connectivity index (χ2n) is 4.91. The zero-order valence-corrected chi connectivity index (χ0v) is 12.0. The van der Waals surface area contributed by atoms with E-state index in [9.17, 15) is 13.2 Å². The predicted molar refractivity (Wildman–Crippen MR) is 74.8 cm³/mol. The first-order valence-corrected chi connectivity index (χ1v) is 6.78. The molecule has 0 bridgehead atoms. The standard InChI is InChI=1S/C15H18F3N3/c1-3-19-13(14-20-7-8-21(14)2)10-11-5-4-6-12(9-11)15(16,17)18/h4-9,13,19H,3,10H2,1-2H3. The Hall–Kier alpha value is -1.82. The van der Waals surface area contributed by atoms with Crippen LogP contribution < -0.4 is 5.32 Å². The molecule has 0 saturated carbocycles. The molecule has 21 heavy (non-hydrogen) atoms. The van der Waals surface area contributed by atoms with E-state index in [4.69, 9.17) is 0 Å². The van der Waals surface area contributed by atoms with Crippen molar-refractivity contribution in [1.82, 2.24) is 14.9 Å². The lowest BCUT2D eigenvalue weighted by Gasteiger charge is -2.18. The lowest BCUT2D eigenvalue weighted by molar-refractivity contribution is -0.137. The van der Waals surface area contributed by atoms with Gasteiger partial charge in [0.1, 0.15) is 5.82 Å². The second-order valence-corrected chi connectivity index (χ2v) is 4.91. The third-order valence-electron chi connectivity index (χ3n) is 3.31. The highest BCUT2D eigenvalue weighted by Gasteiger charge is 2.30. The summed E-state index contributed by atoms with van der Waals surface area (Å²) in [5.74, 6) is 0.814. The quantitative estimate of drug-likeness (QED) is 0.917. The van der Waals surface area contributed by atoms with Crippen LogP contribution in [0.15, 0.2) is 36.7 Å². The Labute approximate surface area is 121 Å². The van der Waals surface area contributed by atoms with Crippen LogP contribution in [0.5, 0.6) is 0 Å². The summed E-state index contributed by atoms with van der Waals surface area (Å²) < 4.78 is 40.2. The van der Waals surface area contributed by atoms with Gasteiger partial charge in [-0.1, -0.05) is 25.1 Å². The average molecular weight is 297 g/mol. The summed E-state index contributed by atoms with van der Waals surface area (Å²) in [5.41, 5.74) is 0.0221. The van der Waals surface area contributed by atoms with Gasteiger partial charge in [0, 0.05) is 19.4 Å². The van der Waals surface area contributed by atoms with Gasteiger partial charge in [-0.05, 0) is 24.6 Å². The minimum atomic E-state index is -4.31. The Morgan fingerprint density at radius 3 is 2.67 bits per heavy atom. The first-order valence-electron chi connectivity index (χ1n) is 6.78. The Kier molecular flexibility index (Phi) is 4.67. The summed E-state index contributed by atoms with van der Waals surface area (Å²) in [6.07, 6.45) is -0.340. The minimum Gasteiger partial charge on any atom is -0.337 e. The molecule has 3 nitrogen and oxygen atoms in total. The average Bonchev–Trinajstić information content (AvgIpc) is 2.84. The van der Waals surface area contributed by atoms with Crippen molar-refractivity contribution in [2.24, 2.45) is 7.05 Å². The van der Waals surface area contributed by atoms with Gasteiger partial charge in [0.25, 0.3) is 0 Å². The molecule has 6 heteroatoms. The smallest absolute Gasteiger partial charge is 0.337 e. The highest BCUT2D eigenvalue weighted by atomic mass is 19.4. The van der Waals surface area contributed by atoms with Crippen molar-refractivity contribution in [2.75, 3.05) is 6.54 Å². The fraction of sp³-hybridized carbons (Fsp3) is 0.400. The van der Waals surface area contributed by atoms with Crippen molar-refractivity contribution in [3.63, 3.8) is 0 Å². The Balaban J connectivity index is 2.24. The zero-order chi connectivity index (χ0) is 15.5. The number of rotatable bonds is 5. The number of halogens is 3. The normalized spacial score (nSPS) is 13.4. The number of hydrogen-bond acceptors (Lipinski definition) is 2. The van der Waals surface area contributed by atoms with E-state index in [0.29, 0.717) is 12.0 Å². The molecule has 2 rings (SSSR count). The summed E-state index contributed by atoms with van der Waals surface area (Å²) in [7, 11) is 1.87. The second kappa shape index (κ2) is 6.30. The molecule has 0 aliphatic rings. The number of aryl methyl sites for hydroxylation is 1. The molecule has 1 aromatic carbocycles. The number of nitrogens with one attached hydrogen (secondary N) is 1. The van der Waals surface area contributed by atoms with Crippen LogP contribution in [0, 0.1) is 0 Å². The van der Waals surface area contributed by atoms with Crippen LogP contribution in [0.4, 0.5) is 13.2 Å². The molecule has 0 aliphatic heterocycles. The first-order chi connectivity index (χ1) is 9.91. The maximum atomic E-state index is 12.8. The summed E-state index contributed by atoms with van der Waals surface area (Å²) in [6, 6.07) is 5.33. The number of hydrogen-bond donors (Lipinski definition) is 1. The molecule has 2 aromatic rings. The highest BCUT2D eigenvalue weighted by Crippen LogP contribution is 2.30. The van der Waals surface area contributed by atoms with E-state index in [1.165, 1.54) is 12.1 Å². The maximum absolute atomic E-state index is 12.8. The zero-order valence-electron chi connectivity index (χ0n) is 12.0. The number of likely N-dealkylation sites (N-methyl/N-ethyl adjacent to an activating group) is 1. The number of alkyl halides is 3. The van der Waals surface area contributed by atoms with Crippen LogP contribution in [-0.4, -0.2) is 16.1 Å². The molecule has 0 amide bonds. The number of nitrogens with zero attached hydrogens (tertiary/aromatic N) is 2. The summed E-state index contributed by atoms with van der Waals surface area (Å²) >= 11 is 0. The van der Waals surface area contributed by atoms with Gasteiger partial charge in [-0.15, -0.1) is 0 Å². The van der Waals surface area contributed by atoms with Crippen LogP contribution >= 0.6 is 0 Å². The topological polar surface area (TPSA) is 29.9 Å². The van der Waals surface area contributed by atoms with E-state index in [2.05, 4.69) is 10.3 Å². The molecule has 0 fully saturated rings. The van der Waals surface area contributed by atoms with E-state index < -0.39 is 11.7 Å². The van der Waals surface area contributed by atoms with Crippen LogP contribution in [0.3, 0.4) is 0 Å². The molecular formula is C15H18F3N3. The van der Waals surface area contributed by atoms with E-state index in [-0.39, 0.29) is 6.04 Å². The van der Waals surface area contributed by atoms with Gasteiger partial charge in [-0.3, -0.25) is 0 Å². The molecule has 1 heterocycles. The van der Waals surface area contributed by atoms with Gasteiger partial charge in [-0.25, -0.2) is 4.98 Å². The van der Waals surface area contributed by atoms with E-state index in [0.717, 1.165) is 18.4 Å². The molecular weight excluding hydrogens is 279 g/mol. The monoisotopic (exact) mass is 297 g/mol. The minimum absolute atomic E-state index is 0.113. The van der Waals surface area contributed by atoms with Gasteiger partial charge in [0.05, 0.1) is 11.6 Å². The predicted octanol–water partition coefficient (Wildman–Crippen LogP) is 3.33. The number of benzene rings is 1. The van der Waals surface area contributed by atoms with Crippen LogP contribution in [-0.2, 0) is 19.6 Å². The van der Waals surface area contributed by atoms with Crippen LogP contribution in [0.1, 0.15) is 29.9 Å². The fourth-order valence-electron chi connectivity index (χ4n) is 2.32. The molecule has 1 atom stereocenters. The molecule has 0 saturated heterocycles. The van der Waals surface area contributed by atoms with Crippen molar-refractivity contribution >= 4 is 0 Å². The molecule has 1 unspecified atom stereocenters. The van der Waals surface area contributed by atoms with Crippen molar-refractivity contribution in [3.05, 3.63) is 53.6 Å². The fourth-order valence-corrected chi connectivity index (χ4v) is 2.32. The van der Waals surface area contributed by atoms with Crippen molar-refractivity contribution in [2.45, 2.75) is 25.6 Å². The van der Waals surface area contributed by atoms with E-state index in [1.54, 1.807) is 12.3 Å². The summed E-state index contributed by atoms with van der Waals surface area (Å²) in [5, 5.41) is 3.27. The lowest BCUT2D eigenvalue weighted by Crippen LogP contribution is -2.25. The molecule has 0 radical (unpaired) electrons. The maximum Gasteiger partial charge on any atom is 0.416 e. The van der Waals surface area contributed by atoms with Crippen molar-refractivity contribution < 1.29 is 13.2 Å². The van der Waals surface area contributed by atoms with Crippen LogP contribution in [0.2, 0.25) is 0 Å². The largest absolute Gasteiger partial charge is 0.416 e. The van der Waals surface area contributed by atoms with Crippen molar-refractivity contribution in [1.29, 1.82) is 0 Å². The van der Waals surface area contributed by atoms with Gasteiger partial charge < -0.3 is 9.88 Å². The number of imidazole rings is 1. The Morgan fingerprint density at radius 2 is 2.10 bits per heavy atom. The van der Waals surface area contributed by atoms with E-state index in [1.807, 2.05) is 24.7 Å². The van der Waals surface area contributed by atoms with Crippen molar-refractivity contribution in [3.8, 4) is 0 Å². The molecule has 1 N–H and O–H groups in total. The lowest BCUT2D eigenvalue weighted by atomic mass is 10.0. The molecule has 0 spiro atoms. The molecule has 1 aromatic heterocycles. The third-order valence-corrected chi connectivity index (χ3v) is 3.31. The third kappa shape index (κ3) is 3.85. The summed E-state index contributed by atoms with van der Waals surface area (Å²) in [6.45, 7) is 2.68. The SMILES string of the molecule is CCNC(Cc1cccc(C(F)(F)F)c1)c1nccn1C. The van der Waals surface area contributed by atoms with Crippen LogP contribution in [0.25, 0.3) is 0 Å². The Bertz CT molecular complexity index is 590. The molecule has 0 aliphatic carbocycles. The van der Waals surface area contributed by atoms with Gasteiger partial charge in [0.15, 0.2) is 0 Å². The highest BCUT2D eigenvalue weighted by molar-refractivity contribution is 5.27. The number of aromatic nitrogens is 2. The first kappa shape index (κ1) is 15.6. The van der Waals surface area contributed by atoms with E-state index >= 15 is 0 Å². The Morgan fingerprint density at radius 1 is 1.33 bits per heavy atom. The summed E-state index contributed by atoms with van der Waals surface area (Å²) in [4.78, 5) is 4.28. The van der Waals surface area contributed by atoms with Gasteiger partial charge in [0.2, 0.25) is 0 Å². The molecule has 114 valence electrons. The van der Waals surface area contributed by atoms with Gasteiger partial charge in [-0.2, -0.15) is 13.2 Å². The van der Waals surface area contributed by atoms with Gasteiger partial charge >= 0.3 is 6.18 Å².